The van der Waals surface area contributed by atoms with E-state index in [1.807, 2.05) is 6.92 Å². The lowest BCUT2D eigenvalue weighted by Gasteiger charge is -2.22. The smallest absolute Gasteiger partial charge is 0.136 e. The fraction of sp³-hybridized carbons (Fsp3) is 0.462. The fourth-order valence-electron chi connectivity index (χ4n) is 1.33. The van der Waals surface area contributed by atoms with Gasteiger partial charge in [0, 0.05) is 10.6 Å². The van der Waals surface area contributed by atoms with Crippen molar-refractivity contribution >= 4 is 11.8 Å². The molecule has 0 heterocycles. The lowest BCUT2D eigenvalue weighted by Crippen LogP contribution is -2.43. The third-order valence-electron chi connectivity index (χ3n) is 2.42. The van der Waals surface area contributed by atoms with Crippen molar-refractivity contribution < 1.29 is 8.78 Å². The molecular formula is C13H16F2N2S. The summed E-state index contributed by atoms with van der Waals surface area (Å²) in [4.78, 5) is 0.231. The van der Waals surface area contributed by atoms with Crippen LogP contribution in [0.2, 0.25) is 0 Å². The number of hydrogen-bond acceptors (Lipinski definition) is 3. The summed E-state index contributed by atoms with van der Waals surface area (Å²) in [5.74, 6) is -0.569. The largest absolute Gasteiger partial charge is 0.299 e. The van der Waals surface area contributed by atoms with Crippen molar-refractivity contribution in [3.8, 4) is 6.07 Å². The Hall–Kier alpha value is -1.12. The Morgan fingerprint density at radius 2 is 2.17 bits per heavy atom. The van der Waals surface area contributed by atoms with Crippen LogP contribution in [-0.2, 0) is 0 Å². The molecule has 2 nitrogen and oxygen atoms in total. The highest BCUT2D eigenvalue weighted by Gasteiger charge is 2.23. The molecule has 0 bridgehead atoms. The van der Waals surface area contributed by atoms with Gasteiger partial charge in [0.25, 0.3) is 0 Å². The minimum atomic E-state index is -0.737. The first-order chi connectivity index (χ1) is 8.50. The highest BCUT2D eigenvalue weighted by molar-refractivity contribution is 7.99. The molecule has 0 aliphatic heterocycles. The van der Waals surface area contributed by atoms with E-state index in [-0.39, 0.29) is 4.90 Å². The van der Waals surface area contributed by atoms with E-state index in [2.05, 4.69) is 11.4 Å². The summed E-state index contributed by atoms with van der Waals surface area (Å²) in [5.41, 5.74) is -0.737. The van der Waals surface area contributed by atoms with Gasteiger partial charge in [0.15, 0.2) is 0 Å². The van der Waals surface area contributed by atoms with Crippen molar-refractivity contribution in [2.45, 2.75) is 30.7 Å². The van der Waals surface area contributed by atoms with Gasteiger partial charge in [-0.05, 0) is 38.1 Å². The predicted octanol–water partition coefficient (Wildman–Crippen LogP) is 3.34. The molecule has 1 N–H and O–H groups in total. The van der Waals surface area contributed by atoms with Crippen molar-refractivity contribution in [2.75, 3.05) is 12.3 Å². The van der Waals surface area contributed by atoms with Gasteiger partial charge in [-0.25, -0.2) is 8.78 Å². The number of thioether (sulfide) groups is 1. The molecule has 0 saturated carbocycles. The highest BCUT2D eigenvalue weighted by atomic mass is 32.2. The van der Waals surface area contributed by atoms with Gasteiger partial charge in [-0.1, -0.05) is 6.92 Å². The van der Waals surface area contributed by atoms with Gasteiger partial charge in [-0.15, -0.1) is 11.8 Å². The van der Waals surface area contributed by atoms with Gasteiger partial charge in [0.05, 0.1) is 6.07 Å². The molecule has 1 aromatic carbocycles. The summed E-state index contributed by atoms with van der Waals surface area (Å²) in [5, 5.41) is 12.2. The van der Waals surface area contributed by atoms with E-state index in [0.29, 0.717) is 5.75 Å². The zero-order valence-electron chi connectivity index (χ0n) is 10.5. The first-order valence-corrected chi connectivity index (χ1v) is 6.73. The number of nitriles is 1. The molecule has 1 atom stereocenters. The maximum Gasteiger partial charge on any atom is 0.136 e. The average Bonchev–Trinajstić information content (AvgIpc) is 2.37. The van der Waals surface area contributed by atoms with E-state index < -0.39 is 17.2 Å². The Balaban J connectivity index is 2.68. The first kappa shape index (κ1) is 14.9. The van der Waals surface area contributed by atoms with E-state index in [0.717, 1.165) is 42.9 Å². The molecule has 0 aromatic heterocycles. The molecule has 0 aliphatic carbocycles. The second-order valence-corrected chi connectivity index (χ2v) is 5.25. The van der Waals surface area contributed by atoms with Crippen molar-refractivity contribution in [3.63, 3.8) is 0 Å². The molecule has 0 saturated heterocycles. The standard InChI is InChI=1S/C13H16F2N2S/c1-3-6-17-13(2,8-16)9-18-12-7-10(14)4-5-11(12)15/h4-5,7,17H,3,6,9H2,1-2H3. The summed E-state index contributed by atoms with van der Waals surface area (Å²) >= 11 is 1.14. The van der Waals surface area contributed by atoms with Crippen molar-refractivity contribution in [3.05, 3.63) is 29.8 Å². The molecular weight excluding hydrogens is 254 g/mol. The summed E-state index contributed by atoms with van der Waals surface area (Å²) in [6.45, 7) is 4.48. The van der Waals surface area contributed by atoms with Crippen LogP contribution in [0.5, 0.6) is 0 Å². The Labute approximate surface area is 110 Å². The van der Waals surface area contributed by atoms with Crippen LogP contribution in [0, 0.1) is 23.0 Å². The van der Waals surface area contributed by atoms with Crippen LogP contribution in [0.15, 0.2) is 23.1 Å². The van der Waals surface area contributed by atoms with Gasteiger partial charge >= 0.3 is 0 Å². The lowest BCUT2D eigenvalue weighted by molar-refractivity contribution is 0.493. The molecule has 0 spiro atoms. The highest BCUT2D eigenvalue weighted by Crippen LogP contribution is 2.25. The van der Waals surface area contributed by atoms with Crippen molar-refractivity contribution in [1.82, 2.24) is 5.32 Å². The number of halogens is 2. The maximum absolute atomic E-state index is 13.4. The zero-order chi connectivity index (χ0) is 13.6. The van der Waals surface area contributed by atoms with Crippen LogP contribution in [0.3, 0.4) is 0 Å². The molecule has 5 heteroatoms. The molecule has 1 aromatic rings. The second kappa shape index (κ2) is 6.72. The summed E-state index contributed by atoms with van der Waals surface area (Å²) in [6, 6.07) is 5.50. The summed E-state index contributed by atoms with van der Waals surface area (Å²) < 4.78 is 26.4. The van der Waals surface area contributed by atoms with Crippen LogP contribution in [-0.4, -0.2) is 17.8 Å². The van der Waals surface area contributed by atoms with E-state index in [4.69, 9.17) is 5.26 Å². The average molecular weight is 270 g/mol. The molecule has 1 unspecified atom stereocenters. The Kier molecular flexibility index (Phi) is 5.57. The summed E-state index contributed by atoms with van der Waals surface area (Å²) in [6.07, 6.45) is 0.913. The fourth-order valence-corrected chi connectivity index (χ4v) is 2.35. The van der Waals surface area contributed by atoms with Crippen molar-refractivity contribution in [1.29, 1.82) is 5.26 Å². The van der Waals surface area contributed by atoms with Crippen LogP contribution in [0.1, 0.15) is 20.3 Å². The third kappa shape index (κ3) is 4.28. The molecule has 0 fully saturated rings. The van der Waals surface area contributed by atoms with Gasteiger partial charge in [0.2, 0.25) is 0 Å². The SMILES string of the molecule is CCCNC(C)(C#N)CSc1cc(F)ccc1F. The van der Waals surface area contributed by atoms with E-state index in [1.165, 1.54) is 0 Å². The number of nitrogens with one attached hydrogen (secondary N) is 1. The quantitative estimate of drug-likeness (QED) is 0.805. The first-order valence-electron chi connectivity index (χ1n) is 5.75. The van der Waals surface area contributed by atoms with Crippen LogP contribution in [0.25, 0.3) is 0 Å². The van der Waals surface area contributed by atoms with E-state index in [1.54, 1.807) is 6.92 Å². The Morgan fingerprint density at radius 3 is 2.78 bits per heavy atom. The molecule has 98 valence electrons. The van der Waals surface area contributed by atoms with Gasteiger partial charge in [-0.3, -0.25) is 5.32 Å². The molecule has 1 rings (SSSR count). The monoisotopic (exact) mass is 270 g/mol. The number of nitrogens with zero attached hydrogens (tertiary/aromatic N) is 1. The number of benzene rings is 1. The Morgan fingerprint density at radius 1 is 1.44 bits per heavy atom. The molecule has 0 amide bonds. The summed E-state index contributed by atoms with van der Waals surface area (Å²) in [7, 11) is 0. The molecule has 18 heavy (non-hydrogen) atoms. The Bertz CT molecular complexity index is 445. The van der Waals surface area contributed by atoms with Gasteiger partial charge < -0.3 is 0 Å². The van der Waals surface area contributed by atoms with Gasteiger partial charge in [-0.2, -0.15) is 5.26 Å². The zero-order valence-corrected chi connectivity index (χ0v) is 11.3. The minimum absolute atomic E-state index is 0.231. The normalized spacial score (nSPS) is 13.9. The maximum atomic E-state index is 13.4. The van der Waals surface area contributed by atoms with Crippen LogP contribution < -0.4 is 5.32 Å². The predicted molar refractivity (Wildman–Crippen MR) is 69.4 cm³/mol. The topological polar surface area (TPSA) is 35.8 Å². The minimum Gasteiger partial charge on any atom is -0.299 e. The second-order valence-electron chi connectivity index (χ2n) is 4.23. The van der Waals surface area contributed by atoms with Crippen LogP contribution >= 0.6 is 11.8 Å². The molecule has 0 aliphatic rings. The number of rotatable bonds is 6. The van der Waals surface area contributed by atoms with E-state index in [9.17, 15) is 8.78 Å². The van der Waals surface area contributed by atoms with Gasteiger partial charge in [0.1, 0.15) is 17.2 Å². The number of hydrogen-bond donors (Lipinski definition) is 1. The van der Waals surface area contributed by atoms with Crippen molar-refractivity contribution in [2.24, 2.45) is 0 Å². The van der Waals surface area contributed by atoms with Crippen LogP contribution in [0.4, 0.5) is 8.78 Å². The molecule has 0 radical (unpaired) electrons. The lowest BCUT2D eigenvalue weighted by atomic mass is 10.1. The van der Waals surface area contributed by atoms with E-state index >= 15 is 0 Å². The third-order valence-corrected chi connectivity index (χ3v) is 3.77.